The van der Waals surface area contributed by atoms with Crippen molar-refractivity contribution in [2.75, 3.05) is 6.26 Å². The highest BCUT2D eigenvalue weighted by atomic mass is 32.2. The molecule has 0 saturated heterocycles. The Balaban J connectivity index is 1.98. The van der Waals surface area contributed by atoms with E-state index in [0.717, 1.165) is 31.9 Å². The minimum absolute atomic E-state index is 0.194. The fraction of sp³-hybridized carbons (Fsp3) is 0.889. The van der Waals surface area contributed by atoms with E-state index in [1.807, 2.05) is 0 Å². The third kappa shape index (κ3) is 2.62. The van der Waals surface area contributed by atoms with Crippen molar-refractivity contribution in [1.82, 2.24) is 0 Å². The van der Waals surface area contributed by atoms with E-state index < -0.39 is 10.1 Å². The molecule has 0 amide bonds. The van der Waals surface area contributed by atoms with Crippen molar-refractivity contribution in [2.45, 2.75) is 44.1 Å². The summed E-state index contributed by atoms with van der Waals surface area (Å²) in [5.41, 5.74) is -0.279. The van der Waals surface area contributed by atoms with E-state index in [4.69, 9.17) is 9.02 Å². The van der Waals surface area contributed by atoms with Crippen molar-refractivity contribution in [2.24, 2.45) is 5.16 Å². The molecular weight excluding hydrogens is 218 g/mol. The van der Waals surface area contributed by atoms with Gasteiger partial charge in [0.2, 0.25) is 5.90 Å². The normalized spacial score (nSPS) is 24.7. The van der Waals surface area contributed by atoms with E-state index in [0.29, 0.717) is 6.42 Å². The maximum Gasteiger partial charge on any atom is 0.307 e. The van der Waals surface area contributed by atoms with Crippen LogP contribution in [-0.2, 0) is 19.1 Å². The molecule has 1 aliphatic heterocycles. The highest BCUT2D eigenvalue weighted by Crippen LogP contribution is 2.38. The second kappa shape index (κ2) is 3.66. The van der Waals surface area contributed by atoms with E-state index in [1.165, 1.54) is 6.42 Å². The molecule has 0 radical (unpaired) electrons. The van der Waals surface area contributed by atoms with Crippen LogP contribution >= 0.6 is 0 Å². The van der Waals surface area contributed by atoms with Crippen molar-refractivity contribution in [3.05, 3.63) is 0 Å². The predicted octanol–water partition coefficient (Wildman–Crippen LogP) is 1.40. The lowest BCUT2D eigenvalue weighted by Crippen LogP contribution is -2.32. The van der Waals surface area contributed by atoms with E-state index in [2.05, 4.69) is 5.16 Å². The predicted molar refractivity (Wildman–Crippen MR) is 54.9 cm³/mol. The first-order chi connectivity index (χ1) is 6.99. The highest BCUT2D eigenvalue weighted by molar-refractivity contribution is 7.86. The largest absolute Gasteiger partial charge is 0.386 e. The molecule has 0 bridgehead atoms. The number of oxime groups is 1. The quantitative estimate of drug-likeness (QED) is 0.642. The minimum atomic E-state index is -3.47. The third-order valence-electron chi connectivity index (χ3n) is 2.83. The van der Waals surface area contributed by atoms with Crippen LogP contribution in [0.4, 0.5) is 0 Å². The van der Waals surface area contributed by atoms with Gasteiger partial charge in [0.25, 0.3) is 0 Å². The molecule has 0 atom stereocenters. The summed E-state index contributed by atoms with van der Waals surface area (Å²) in [6, 6.07) is 0. The van der Waals surface area contributed by atoms with Gasteiger partial charge in [-0.05, 0) is 30.8 Å². The SMILES string of the molecule is CS(=O)(=O)OC1=NOC2(CCCCC2)C1. The molecule has 15 heavy (non-hydrogen) atoms. The van der Waals surface area contributed by atoms with Crippen LogP contribution in [-0.4, -0.2) is 26.2 Å². The van der Waals surface area contributed by atoms with Crippen molar-refractivity contribution >= 4 is 16.0 Å². The molecule has 1 saturated carbocycles. The molecule has 1 spiro atoms. The molecule has 86 valence electrons. The molecule has 1 aliphatic carbocycles. The Morgan fingerprint density at radius 2 is 2.00 bits per heavy atom. The zero-order valence-electron chi connectivity index (χ0n) is 8.73. The molecule has 0 aromatic heterocycles. The first kappa shape index (κ1) is 10.7. The summed E-state index contributed by atoms with van der Waals surface area (Å²) in [6.45, 7) is 0. The number of hydrogen-bond donors (Lipinski definition) is 0. The van der Waals surface area contributed by atoms with Crippen LogP contribution < -0.4 is 0 Å². The Kier molecular flexibility index (Phi) is 2.62. The molecule has 0 aromatic carbocycles. The Bertz CT molecular complexity index is 368. The van der Waals surface area contributed by atoms with Crippen molar-refractivity contribution in [3.8, 4) is 0 Å². The van der Waals surface area contributed by atoms with Crippen molar-refractivity contribution in [1.29, 1.82) is 0 Å². The average molecular weight is 233 g/mol. The smallest absolute Gasteiger partial charge is 0.307 e. The van der Waals surface area contributed by atoms with Gasteiger partial charge >= 0.3 is 10.1 Å². The van der Waals surface area contributed by atoms with Gasteiger partial charge in [0.1, 0.15) is 5.60 Å². The van der Waals surface area contributed by atoms with Gasteiger partial charge in [-0.1, -0.05) is 6.42 Å². The van der Waals surface area contributed by atoms with Crippen LogP contribution in [0.3, 0.4) is 0 Å². The Hall–Kier alpha value is -0.780. The molecule has 5 nitrogen and oxygen atoms in total. The summed E-state index contributed by atoms with van der Waals surface area (Å²) in [5, 5.41) is 3.71. The third-order valence-corrected chi connectivity index (χ3v) is 3.32. The number of rotatable bonds is 1. The van der Waals surface area contributed by atoms with Crippen LogP contribution in [0.25, 0.3) is 0 Å². The molecule has 2 aliphatic rings. The van der Waals surface area contributed by atoms with Crippen LogP contribution in [0.1, 0.15) is 38.5 Å². The maximum atomic E-state index is 10.9. The van der Waals surface area contributed by atoms with Crippen LogP contribution in [0.15, 0.2) is 5.16 Å². The van der Waals surface area contributed by atoms with E-state index in [9.17, 15) is 8.42 Å². The van der Waals surface area contributed by atoms with Gasteiger partial charge < -0.3 is 9.02 Å². The van der Waals surface area contributed by atoms with Gasteiger partial charge in [-0.25, -0.2) is 0 Å². The number of hydrogen-bond acceptors (Lipinski definition) is 5. The summed E-state index contributed by atoms with van der Waals surface area (Å²) < 4.78 is 26.5. The average Bonchev–Trinajstić information content (AvgIpc) is 2.47. The topological polar surface area (TPSA) is 65.0 Å². The first-order valence-electron chi connectivity index (χ1n) is 5.14. The van der Waals surface area contributed by atoms with Gasteiger partial charge in [-0.2, -0.15) is 8.42 Å². The van der Waals surface area contributed by atoms with Crippen molar-refractivity contribution < 1.29 is 17.4 Å². The Labute approximate surface area is 89.6 Å². The van der Waals surface area contributed by atoms with Crippen LogP contribution in [0.2, 0.25) is 0 Å². The van der Waals surface area contributed by atoms with E-state index in [1.54, 1.807) is 0 Å². The van der Waals surface area contributed by atoms with Gasteiger partial charge in [0.15, 0.2) is 0 Å². The lowest BCUT2D eigenvalue weighted by Gasteiger charge is -2.29. The Morgan fingerprint density at radius 1 is 1.33 bits per heavy atom. The lowest BCUT2D eigenvalue weighted by atomic mass is 9.83. The summed E-state index contributed by atoms with van der Waals surface area (Å²) in [5.74, 6) is 0.194. The molecule has 6 heteroatoms. The van der Waals surface area contributed by atoms with Gasteiger partial charge in [-0.3, -0.25) is 0 Å². The molecule has 0 unspecified atom stereocenters. The van der Waals surface area contributed by atoms with Crippen molar-refractivity contribution in [3.63, 3.8) is 0 Å². The standard InChI is InChI=1S/C9H15NO4S/c1-15(11,12)13-8-7-9(14-10-8)5-3-2-4-6-9/h2-7H2,1H3. The second-order valence-corrected chi connectivity index (χ2v) is 5.86. The molecular formula is C9H15NO4S. The van der Waals surface area contributed by atoms with Gasteiger partial charge in [-0.15, -0.1) is 0 Å². The minimum Gasteiger partial charge on any atom is -0.386 e. The molecule has 1 fully saturated rings. The van der Waals surface area contributed by atoms with E-state index >= 15 is 0 Å². The molecule has 0 N–H and O–H groups in total. The highest BCUT2D eigenvalue weighted by Gasteiger charge is 2.41. The molecule has 2 rings (SSSR count). The monoisotopic (exact) mass is 233 g/mol. The summed E-state index contributed by atoms with van der Waals surface area (Å²) in [4.78, 5) is 5.34. The zero-order valence-corrected chi connectivity index (χ0v) is 9.55. The second-order valence-electron chi connectivity index (χ2n) is 4.28. The maximum absolute atomic E-state index is 10.9. The van der Waals surface area contributed by atoms with Gasteiger partial charge in [0, 0.05) is 0 Å². The summed E-state index contributed by atoms with van der Waals surface area (Å²) in [7, 11) is -3.47. The lowest BCUT2D eigenvalue weighted by molar-refractivity contribution is -0.0449. The molecule has 1 heterocycles. The molecule has 0 aromatic rings. The van der Waals surface area contributed by atoms with E-state index in [-0.39, 0.29) is 11.5 Å². The Morgan fingerprint density at radius 3 is 2.60 bits per heavy atom. The summed E-state index contributed by atoms with van der Waals surface area (Å²) >= 11 is 0. The number of nitrogens with zero attached hydrogens (tertiary/aromatic N) is 1. The fourth-order valence-corrected chi connectivity index (χ4v) is 2.61. The van der Waals surface area contributed by atoms with Crippen LogP contribution in [0, 0.1) is 0 Å². The fourth-order valence-electron chi connectivity index (χ4n) is 2.17. The zero-order chi connectivity index (χ0) is 10.9. The first-order valence-corrected chi connectivity index (χ1v) is 6.95. The summed E-state index contributed by atoms with van der Waals surface area (Å²) in [6.07, 6.45) is 6.82. The van der Waals surface area contributed by atoms with Crippen LogP contribution in [0.5, 0.6) is 0 Å². The van der Waals surface area contributed by atoms with Gasteiger partial charge in [0.05, 0.1) is 12.7 Å².